The molecule has 17 heavy (non-hydrogen) atoms. The predicted octanol–water partition coefficient (Wildman–Crippen LogP) is -0.798. The Hall–Kier alpha value is -1.05. The van der Waals surface area contributed by atoms with Crippen LogP contribution in [0.5, 0.6) is 0 Å². The van der Waals surface area contributed by atoms with Crippen LogP contribution in [0.3, 0.4) is 0 Å². The van der Waals surface area contributed by atoms with Crippen molar-refractivity contribution in [2.45, 2.75) is 30.9 Å². The fourth-order valence-electron chi connectivity index (χ4n) is 1.75. The standard InChI is InChI=1S/C10H14N2O4S/c1-5-3-12(9(15)11-7(5)14)8-6(13)10(2,16)4-17-8/h3,6,8,13,16H,4H2,1-2H3,(H,11,14,15)/t6-,8+,10+/m0/s1. The monoisotopic (exact) mass is 258 g/mol. The Bertz CT molecular complexity index is 548. The third-order valence-electron chi connectivity index (χ3n) is 2.87. The zero-order valence-electron chi connectivity index (χ0n) is 9.51. The Balaban J connectivity index is 2.46. The Morgan fingerprint density at radius 2 is 2.24 bits per heavy atom. The molecule has 3 atom stereocenters. The Morgan fingerprint density at radius 1 is 1.59 bits per heavy atom. The Kier molecular flexibility index (Phi) is 2.92. The number of hydrogen-bond donors (Lipinski definition) is 3. The van der Waals surface area contributed by atoms with Crippen molar-refractivity contribution >= 4 is 11.8 Å². The first-order valence-corrected chi connectivity index (χ1v) is 6.22. The van der Waals surface area contributed by atoms with Gasteiger partial charge in [0.2, 0.25) is 0 Å². The molecule has 1 aliphatic heterocycles. The summed E-state index contributed by atoms with van der Waals surface area (Å²) in [7, 11) is 0. The molecule has 6 nitrogen and oxygen atoms in total. The zero-order chi connectivity index (χ0) is 12.8. The van der Waals surface area contributed by atoms with E-state index in [1.165, 1.54) is 29.4 Å². The second kappa shape index (κ2) is 4.01. The number of nitrogens with zero attached hydrogens (tertiary/aromatic N) is 1. The number of rotatable bonds is 1. The molecule has 0 saturated carbocycles. The SMILES string of the molecule is Cc1cn([C@@H]2SC[C@@](C)(O)[C@H]2O)c(=O)[nH]c1=O. The second-order valence-electron chi connectivity index (χ2n) is 4.48. The first-order chi connectivity index (χ1) is 7.83. The van der Waals surface area contributed by atoms with Gasteiger partial charge in [-0.25, -0.2) is 4.79 Å². The van der Waals surface area contributed by atoms with Crippen LogP contribution in [0.15, 0.2) is 15.8 Å². The van der Waals surface area contributed by atoms with Gasteiger partial charge in [-0.15, -0.1) is 11.8 Å². The third kappa shape index (κ3) is 2.05. The van der Waals surface area contributed by atoms with Crippen molar-refractivity contribution < 1.29 is 10.2 Å². The Labute approximate surface area is 101 Å². The van der Waals surface area contributed by atoms with Gasteiger partial charge >= 0.3 is 5.69 Å². The maximum absolute atomic E-state index is 11.6. The van der Waals surface area contributed by atoms with E-state index in [0.717, 1.165) is 0 Å². The van der Waals surface area contributed by atoms with E-state index in [9.17, 15) is 19.8 Å². The predicted molar refractivity (Wildman–Crippen MR) is 64.2 cm³/mol. The number of aromatic amines is 1. The van der Waals surface area contributed by atoms with Crippen molar-refractivity contribution in [2.24, 2.45) is 0 Å². The molecule has 0 unspecified atom stereocenters. The molecule has 1 aromatic heterocycles. The molecule has 0 bridgehead atoms. The van der Waals surface area contributed by atoms with Gasteiger partial charge in [-0.3, -0.25) is 14.3 Å². The van der Waals surface area contributed by atoms with Crippen molar-refractivity contribution in [3.63, 3.8) is 0 Å². The largest absolute Gasteiger partial charge is 0.387 e. The molecule has 0 spiro atoms. The van der Waals surface area contributed by atoms with Crippen LogP contribution in [-0.4, -0.2) is 37.2 Å². The van der Waals surface area contributed by atoms with Crippen LogP contribution in [0.4, 0.5) is 0 Å². The lowest BCUT2D eigenvalue weighted by molar-refractivity contribution is -0.0446. The molecular weight excluding hydrogens is 244 g/mol. The van der Waals surface area contributed by atoms with Crippen molar-refractivity contribution in [3.05, 3.63) is 32.6 Å². The average molecular weight is 258 g/mol. The normalized spacial score (nSPS) is 32.9. The lowest BCUT2D eigenvalue weighted by atomic mass is 10.0. The summed E-state index contributed by atoms with van der Waals surface area (Å²) in [6.07, 6.45) is 0.360. The summed E-state index contributed by atoms with van der Waals surface area (Å²) in [5, 5.41) is 19.2. The molecule has 1 saturated heterocycles. The maximum Gasteiger partial charge on any atom is 0.329 e. The number of aliphatic hydroxyl groups excluding tert-OH is 1. The van der Waals surface area contributed by atoms with Crippen LogP contribution in [0.25, 0.3) is 0 Å². The van der Waals surface area contributed by atoms with E-state index in [1.54, 1.807) is 6.92 Å². The smallest absolute Gasteiger partial charge is 0.329 e. The van der Waals surface area contributed by atoms with Crippen molar-refractivity contribution in [1.29, 1.82) is 0 Å². The van der Waals surface area contributed by atoms with Gasteiger partial charge in [-0.05, 0) is 13.8 Å². The molecule has 1 aliphatic rings. The summed E-state index contributed by atoms with van der Waals surface area (Å²) in [6, 6.07) is 0. The molecule has 1 aromatic rings. The first kappa shape index (κ1) is 12.4. The lowest BCUT2D eigenvalue weighted by Crippen LogP contribution is -2.42. The average Bonchev–Trinajstić information content (AvgIpc) is 2.49. The van der Waals surface area contributed by atoms with Gasteiger partial charge in [-0.1, -0.05) is 0 Å². The number of aromatic nitrogens is 2. The summed E-state index contributed by atoms with van der Waals surface area (Å²) in [5.74, 6) is 0.337. The van der Waals surface area contributed by atoms with Crippen molar-refractivity contribution in [1.82, 2.24) is 9.55 Å². The fraction of sp³-hybridized carbons (Fsp3) is 0.600. The number of hydrogen-bond acceptors (Lipinski definition) is 5. The minimum absolute atomic E-state index is 0.337. The minimum atomic E-state index is -1.22. The van der Waals surface area contributed by atoms with E-state index in [1.807, 2.05) is 0 Å². The fourth-order valence-corrected chi connectivity index (χ4v) is 3.22. The van der Waals surface area contributed by atoms with Gasteiger partial charge in [0.1, 0.15) is 11.5 Å². The molecule has 0 amide bonds. The van der Waals surface area contributed by atoms with Crippen LogP contribution < -0.4 is 11.2 Å². The number of aryl methyl sites for hydroxylation is 1. The van der Waals surface area contributed by atoms with Gasteiger partial charge < -0.3 is 10.2 Å². The molecule has 0 radical (unpaired) electrons. The van der Waals surface area contributed by atoms with E-state index in [0.29, 0.717) is 11.3 Å². The molecular formula is C10H14N2O4S. The number of aliphatic hydroxyl groups is 2. The molecule has 0 aliphatic carbocycles. The highest BCUT2D eigenvalue weighted by Crippen LogP contribution is 2.41. The van der Waals surface area contributed by atoms with E-state index in [2.05, 4.69) is 4.98 Å². The summed E-state index contributed by atoms with van der Waals surface area (Å²) >= 11 is 1.28. The van der Waals surface area contributed by atoms with Gasteiger partial charge in [0.15, 0.2) is 0 Å². The number of thioether (sulfide) groups is 1. The molecule has 2 heterocycles. The maximum atomic E-state index is 11.6. The first-order valence-electron chi connectivity index (χ1n) is 5.17. The van der Waals surface area contributed by atoms with Gasteiger partial charge in [0, 0.05) is 17.5 Å². The minimum Gasteiger partial charge on any atom is -0.387 e. The molecule has 3 N–H and O–H groups in total. The second-order valence-corrected chi connectivity index (χ2v) is 5.59. The number of H-pyrrole nitrogens is 1. The summed E-state index contributed by atoms with van der Waals surface area (Å²) in [4.78, 5) is 25.0. The Morgan fingerprint density at radius 3 is 2.76 bits per heavy atom. The molecule has 2 rings (SSSR count). The highest BCUT2D eigenvalue weighted by Gasteiger charge is 2.45. The lowest BCUT2D eigenvalue weighted by Gasteiger charge is -2.23. The van der Waals surface area contributed by atoms with E-state index in [4.69, 9.17) is 0 Å². The van der Waals surface area contributed by atoms with Gasteiger partial charge in [0.25, 0.3) is 5.56 Å². The van der Waals surface area contributed by atoms with Gasteiger partial charge in [0.05, 0.1) is 5.60 Å². The molecule has 7 heteroatoms. The topological polar surface area (TPSA) is 95.3 Å². The molecule has 94 valence electrons. The third-order valence-corrected chi connectivity index (χ3v) is 4.45. The summed E-state index contributed by atoms with van der Waals surface area (Å²) in [5.41, 5.74) is -1.84. The van der Waals surface area contributed by atoms with E-state index < -0.39 is 28.3 Å². The molecule has 0 aromatic carbocycles. The number of nitrogens with one attached hydrogen (secondary N) is 1. The summed E-state index contributed by atoms with van der Waals surface area (Å²) in [6.45, 7) is 3.10. The van der Waals surface area contributed by atoms with Crippen molar-refractivity contribution in [2.75, 3.05) is 5.75 Å². The van der Waals surface area contributed by atoms with Crippen LogP contribution in [-0.2, 0) is 0 Å². The highest BCUT2D eigenvalue weighted by atomic mass is 32.2. The molecule has 1 fully saturated rings. The van der Waals surface area contributed by atoms with Crippen LogP contribution in [0.1, 0.15) is 17.9 Å². The highest BCUT2D eigenvalue weighted by molar-refractivity contribution is 7.99. The van der Waals surface area contributed by atoms with E-state index in [-0.39, 0.29) is 0 Å². The van der Waals surface area contributed by atoms with E-state index >= 15 is 0 Å². The summed E-state index contributed by atoms with van der Waals surface area (Å²) < 4.78 is 1.26. The quantitative estimate of drug-likeness (QED) is 0.613. The van der Waals surface area contributed by atoms with Crippen LogP contribution >= 0.6 is 11.8 Å². The van der Waals surface area contributed by atoms with Crippen LogP contribution in [0.2, 0.25) is 0 Å². The van der Waals surface area contributed by atoms with Crippen molar-refractivity contribution in [3.8, 4) is 0 Å². The zero-order valence-corrected chi connectivity index (χ0v) is 10.3. The van der Waals surface area contributed by atoms with Crippen LogP contribution in [0, 0.1) is 6.92 Å². The van der Waals surface area contributed by atoms with Gasteiger partial charge in [-0.2, -0.15) is 0 Å².